The monoisotopic (exact) mass is 248 g/mol. The highest BCUT2D eigenvalue weighted by molar-refractivity contribution is 5.34. The molecule has 0 radical (unpaired) electrons. The van der Waals surface area contributed by atoms with Gasteiger partial charge in [-0.2, -0.15) is 5.26 Å². The van der Waals surface area contributed by atoms with Crippen molar-refractivity contribution in [2.24, 2.45) is 0 Å². The summed E-state index contributed by atoms with van der Waals surface area (Å²) in [6, 6.07) is 6.47. The second-order valence-corrected chi connectivity index (χ2v) is 4.77. The summed E-state index contributed by atoms with van der Waals surface area (Å²) in [5.74, 6) is -0.487. The molecule has 1 aliphatic rings. The molecule has 1 fully saturated rings. The number of aliphatic hydroxyl groups excluding tert-OH is 1. The summed E-state index contributed by atoms with van der Waals surface area (Å²) in [6.45, 7) is 0.552. The molecule has 0 saturated heterocycles. The predicted molar refractivity (Wildman–Crippen MR) is 66.2 cm³/mol. The normalized spacial score (nSPS) is 23.6. The van der Waals surface area contributed by atoms with Crippen LogP contribution in [0.25, 0.3) is 0 Å². The summed E-state index contributed by atoms with van der Waals surface area (Å²) in [6.07, 6.45) is 3.71. The molecule has 0 amide bonds. The Balaban J connectivity index is 1.95. The standard InChI is InChI=1S/C14H17FN2O/c15-12-6-5-10(7-11(12)8-16)9-17-13-3-1-2-4-14(13)18/h5-7,13-14,17-18H,1-4,9H2. The van der Waals surface area contributed by atoms with Crippen molar-refractivity contribution in [3.05, 3.63) is 35.1 Å². The lowest BCUT2D eigenvalue weighted by Gasteiger charge is -2.28. The fourth-order valence-corrected chi connectivity index (χ4v) is 2.37. The number of benzene rings is 1. The Kier molecular flexibility index (Phi) is 4.29. The average molecular weight is 248 g/mol. The maximum atomic E-state index is 13.1. The van der Waals surface area contributed by atoms with E-state index >= 15 is 0 Å². The Bertz CT molecular complexity index is 456. The Morgan fingerprint density at radius 2 is 2.17 bits per heavy atom. The molecule has 2 rings (SSSR count). The molecule has 0 spiro atoms. The highest BCUT2D eigenvalue weighted by atomic mass is 19.1. The third-order valence-corrected chi connectivity index (χ3v) is 3.45. The molecule has 0 aliphatic heterocycles. The minimum atomic E-state index is -0.487. The quantitative estimate of drug-likeness (QED) is 0.861. The molecule has 0 heterocycles. The van der Waals surface area contributed by atoms with Gasteiger partial charge >= 0.3 is 0 Å². The number of nitriles is 1. The van der Waals surface area contributed by atoms with Gasteiger partial charge in [0.1, 0.15) is 11.9 Å². The molecule has 3 nitrogen and oxygen atoms in total. The molecule has 2 N–H and O–H groups in total. The van der Waals surface area contributed by atoms with Crippen molar-refractivity contribution >= 4 is 0 Å². The number of nitrogens with one attached hydrogen (secondary N) is 1. The first-order chi connectivity index (χ1) is 8.70. The van der Waals surface area contributed by atoms with Crippen LogP contribution < -0.4 is 5.32 Å². The fraction of sp³-hybridized carbons (Fsp3) is 0.500. The minimum absolute atomic E-state index is 0.0680. The average Bonchev–Trinajstić information content (AvgIpc) is 2.39. The van der Waals surface area contributed by atoms with E-state index in [0.29, 0.717) is 6.54 Å². The molecule has 2 atom stereocenters. The minimum Gasteiger partial charge on any atom is -0.392 e. The van der Waals surface area contributed by atoms with Crippen molar-refractivity contribution in [3.8, 4) is 6.07 Å². The van der Waals surface area contributed by atoms with Crippen molar-refractivity contribution in [3.63, 3.8) is 0 Å². The SMILES string of the molecule is N#Cc1cc(CNC2CCCCC2O)ccc1F. The van der Waals surface area contributed by atoms with E-state index in [0.717, 1.165) is 31.2 Å². The van der Waals surface area contributed by atoms with E-state index in [-0.39, 0.29) is 17.7 Å². The number of hydrogen-bond donors (Lipinski definition) is 2. The number of aliphatic hydroxyl groups is 1. The summed E-state index contributed by atoms with van der Waals surface area (Å²) >= 11 is 0. The highest BCUT2D eigenvalue weighted by Gasteiger charge is 2.22. The van der Waals surface area contributed by atoms with Crippen LogP contribution in [0.4, 0.5) is 4.39 Å². The molecular formula is C14H17FN2O. The Labute approximate surface area is 106 Å². The fourth-order valence-electron chi connectivity index (χ4n) is 2.37. The van der Waals surface area contributed by atoms with Crippen molar-refractivity contribution in [2.75, 3.05) is 0 Å². The van der Waals surface area contributed by atoms with Crippen LogP contribution >= 0.6 is 0 Å². The van der Waals surface area contributed by atoms with E-state index in [1.165, 1.54) is 6.07 Å². The third kappa shape index (κ3) is 3.06. The van der Waals surface area contributed by atoms with Gasteiger partial charge in [0.2, 0.25) is 0 Å². The Morgan fingerprint density at radius 3 is 2.89 bits per heavy atom. The molecule has 96 valence electrons. The number of halogens is 1. The van der Waals surface area contributed by atoms with E-state index in [9.17, 15) is 9.50 Å². The van der Waals surface area contributed by atoms with Gasteiger partial charge in [0.05, 0.1) is 11.7 Å². The molecule has 1 aromatic carbocycles. The molecular weight excluding hydrogens is 231 g/mol. The lowest BCUT2D eigenvalue weighted by atomic mass is 9.92. The summed E-state index contributed by atoms with van der Waals surface area (Å²) in [5.41, 5.74) is 0.934. The van der Waals surface area contributed by atoms with Gasteiger partial charge in [-0.25, -0.2) is 4.39 Å². The molecule has 1 aliphatic carbocycles. The van der Waals surface area contributed by atoms with Gasteiger partial charge in [-0.05, 0) is 30.5 Å². The zero-order valence-electron chi connectivity index (χ0n) is 10.2. The summed E-state index contributed by atoms with van der Waals surface area (Å²) < 4.78 is 13.1. The van der Waals surface area contributed by atoms with E-state index in [1.807, 2.05) is 6.07 Å². The maximum absolute atomic E-state index is 13.1. The van der Waals surface area contributed by atoms with E-state index in [4.69, 9.17) is 5.26 Å². The highest BCUT2D eigenvalue weighted by Crippen LogP contribution is 2.19. The second-order valence-electron chi connectivity index (χ2n) is 4.77. The van der Waals surface area contributed by atoms with Gasteiger partial charge in [-0.1, -0.05) is 18.9 Å². The number of rotatable bonds is 3. The Morgan fingerprint density at radius 1 is 1.39 bits per heavy atom. The summed E-state index contributed by atoms with van der Waals surface area (Å²) in [4.78, 5) is 0. The first-order valence-electron chi connectivity index (χ1n) is 6.30. The maximum Gasteiger partial charge on any atom is 0.140 e. The first-order valence-corrected chi connectivity index (χ1v) is 6.30. The molecule has 2 unspecified atom stereocenters. The van der Waals surface area contributed by atoms with Crippen LogP contribution in [-0.4, -0.2) is 17.3 Å². The van der Waals surface area contributed by atoms with E-state index < -0.39 is 5.82 Å². The van der Waals surface area contributed by atoms with Crippen LogP contribution in [0.1, 0.15) is 36.8 Å². The van der Waals surface area contributed by atoms with Gasteiger partial charge in [0.25, 0.3) is 0 Å². The second kappa shape index (κ2) is 5.94. The zero-order chi connectivity index (χ0) is 13.0. The van der Waals surface area contributed by atoms with Crippen LogP contribution in [0, 0.1) is 17.1 Å². The van der Waals surface area contributed by atoms with Gasteiger partial charge in [-0.15, -0.1) is 0 Å². The molecule has 18 heavy (non-hydrogen) atoms. The zero-order valence-corrected chi connectivity index (χ0v) is 10.2. The lowest BCUT2D eigenvalue weighted by Crippen LogP contribution is -2.41. The number of nitrogens with zero attached hydrogens (tertiary/aromatic N) is 1. The van der Waals surface area contributed by atoms with Crippen LogP contribution in [-0.2, 0) is 6.54 Å². The molecule has 0 aromatic heterocycles. The predicted octanol–water partition coefficient (Wildman–Crippen LogP) is 2.09. The smallest absolute Gasteiger partial charge is 0.140 e. The first kappa shape index (κ1) is 13.0. The van der Waals surface area contributed by atoms with E-state index in [2.05, 4.69) is 5.32 Å². The summed E-state index contributed by atoms with van der Waals surface area (Å²) in [5, 5.41) is 21.8. The van der Waals surface area contributed by atoms with Gasteiger partial charge < -0.3 is 10.4 Å². The lowest BCUT2D eigenvalue weighted by molar-refractivity contribution is 0.0902. The third-order valence-electron chi connectivity index (χ3n) is 3.45. The molecule has 4 heteroatoms. The topological polar surface area (TPSA) is 56.0 Å². The molecule has 0 bridgehead atoms. The van der Waals surface area contributed by atoms with Crippen molar-refractivity contribution in [1.29, 1.82) is 5.26 Å². The van der Waals surface area contributed by atoms with Crippen LogP contribution in [0.3, 0.4) is 0 Å². The van der Waals surface area contributed by atoms with Crippen LogP contribution in [0.15, 0.2) is 18.2 Å². The van der Waals surface area contributed by atoms with Gasteiger partial charge in [0.15, 0.2) is 0 Å². The van der Waals surface area contributed by atoms with Gasteiger partial charge in [0, 0.05) is 12.6 Å². The summed E-state index contributed by atoms with van der Waals surface area (Å²) in [7, 11) is 0. The molecule has 1 aromatic rings. The number of hydrogen-bond acceptors (Lipinski definition) is 3. The largest absolute Gasteiger partial charge is 0.392 e. The van der Waals surface area contributed by atoms with Gasteiger partial charge in [-0.3, -0.25) is 0 Å². The molecule has 1 saturated carbocycles. The van der Waals surface area contributed by atoms with Crippen molar-refractivity contribution in [1.82, 2.24) is 5.32 Å². The Hall–Kier alpha value is -1.44. The van der Waals surface area contributed by atoms with Crippen molar-refractivity contribution in [2.45, 2.75) is 44.4 Å². The van der Waals surface area contributed by atoms with E-state index in [1.54, 1.807) is 12.1 Å². The van der Waals surface area contributed by atoms with Crippen molar-refractivity contribution < 1.29 is 9.50 Å². The van der Waals surface area contributed by atoms with Crippen LogP contribution in [0.2, 0.25) is 0 Å². The van der Waals surface area contributed by atoms with Crippen LogP contribution in [0.5, 0.6) is 0 Å².